The Morgan fingerprint density at radius 1 is 1.19 bits per heavy atom. The molecule has 4 saturated carbocycles. The first-order valence-electron chi connectivity index (χ1n) is 11.9. The second-order valence-electron chi connectivity index (χ2n) is 11.3. The van der Waals surface area contributed by atoms with Crippen molar-refractivity contribution >= 4 is 18.1 Å². The SMILES string of the molecule is C=CCN(C(=O)OC(C)(C)C)[C@@H]1CCN(C(=O)OC2C3CC4C[C@@H]2CC(C(N)=O)(C4)C3)C1. The van der Waals surface area contributed by atoms with E-state index in [2.05, 4.69) is 6.58 Å². The fraction of sp³-hybridized carbons (Fsp3) is 0.792. The van der Waals surface area contributed by atoms with Gasteiger partial charge in [-0.3, -0.25) is 9.69 Å². The summed E-state index contributed by atoms with van der Waals surface area (Å²) < 4.78 is 11.6. The van der Waals surface area contributed by atoms with Gasteiger partial charge < -0.3 is 20.1 Å². The summed E-state index contributed by atoms with van der Waals surface area (Å²) in [5.41, 5.74) is 4.78. The molecule has 2 N–H and O–H groups in total. The van der Waals surface area contributed by atoms with Crippen molar-refractivity contribution in [3.8, 4) is 0 Å². The number of carbonyl (C=O) groups is 3. The minimum absolute atomic E-state index is 0.132. The molecule has 8 nitrogen and oxygen atoms in total. The van der Waals surface area contributed by atoms with Crippen molar-refractivity contribution in [1.82, 2.24) is 9.80 Å². The van der Waals surface area contributed by atoms with Crippen LogP contribution in [0.4, 0.5) is 9.59 Å². The molecule has 32 heavy (non-hydrogen) atoms. The summed E-state index contributed by atoms with van der Waals surface area (Å²) >= 11 is 0. The Morgan fingerprint density at radius 2 is 1.84 bits per heavy atom. The Labute approximate surface area is 190 Å². The van der Waals surface area contributed by atoms with Gasteiger partial charge in [0.15, 0.2) is 0 Å². The zero-order chi connectivity index (χ0) is 23.3. The fourth-order valence-corrected chi connectivity index (χ4v) is 6.66. The van der Waals surface area contributed by atoms with E-state index in [4.69, 9.17) is 15.2 Å². The number of nitrogens with two attached hydrogens (primary N) is 1. The van der Waals surface area contributed by atoms with Crippen LogP contribution in [0.1, 0.15) is 59.3 Å². The number of ether oxygens (including phenoxy) is 2. The zero-order valence-corrected chi connectivity index (χ0v) is 19.5. The molecule has 4 bridgehead atoms. The number of amides is 3. The van der Waals surface area contributed by atoms with E-state index in [1.165, 1.54) is 0 Å². The molecule has 0 spiro atoms. The van der Waals surface area contributed by atoms with Crippen molar-refractivity contribution in [2.24, 2.45) is 28.9 Å². The first kappa shape index (κ1) is 22.9. The average Bonchev–Trinajstić information content (AvgIpc) is 3.16. The van der Waals surface area contributed by atoms with Gasteiger partial charge in [0.1, 0.15) is 11.7 Å². The van der Waals surface area contributed by atoms with Crippen molar-refractivity contribution in [2.45, 2.75) is 77.0 Å². The topological polar surface area (TPSA) is 102 Å². The van der Waals surface area contributed by atoms with Crippen LogP contribution in [-0.2, 0) is 14.3 Å². The summed E-state index contributed by atoms with van der Waals surface area (Å²) in [4.78, 5) is 41.2. The van der Waals surface area contributed by atoms with Gasteiger partial charge in [-0.1, -0.05) is 6.08 Å². The van der Waals surface area contributed by atoms with E-state index in [9.17, 15) is 14.4 Å². The van der Waals surface area contributed by atoms with Crippen LogP contribution in [0, 0.1) is 23.2 Å². The molecule has 4 aliphatic carbocycles. The molecular formula is C24H37N3O5. The number of primary amides is 1. The molecule has 0 aromatic rings. The monoisotopic (exact) mass is 447 g/mol. The second kappa shape index (κ2) is 8.27. The summed E-state index contributed by atoms with van der Waals surface area (Å²) in [5.74, 6) is 0.770. The first-order valence-corrected chi connectivity index (χ1v) is 11.9. The number of hydrogen-bond donors (Lipinski definition) is 1. The molecule has 6 atom stereocenters. The third-order valence-electron chi connectivity index (χ3n) is 7.76. The molecule has 5 aliphatic rings. The van der Waals surface area contributed by atoms with E-state index in [1.807, 2.05) is 20.8 Å². The third kappa shape index (κ3) is 4.33. The smallest absolute Gasteiger partial charge is 0.410 e. The summed E-state index contributed by atoms with van der Waals surface area (Å²) in [6.45, 7) is 10.6. The summed E-state index contributed by atoms with van der Waals surface area (Å²) in [7, 11) is 0. The number of carbonyl (C=O) groups excluding carboxylic acids is 3. The van der Waals surface area contributed by atoms with Gasteiger partial charge in [0.2, 0.25) is 5.91 Å². The van der Waals surface area contributed by atoms with E-state index in [1.54, 1.807) is 15.9 Å². The molecule has 1 saturated heterocycles. The van der Waals surface area contributed by atoms with E-state index < -0.39 is 17.1 Å². The number of hydrogen-bond acceptors (Lipinski definition) is 5. The van der Waals surface area contributed by atoms with Crippen LogP contribution in [0.15, 0.2) is 12.7 Å². The Kier molecular flexibility index (Phi) is 5.92. The molecule has 5 rings (SSSR count). The first-order chi connectivity index (χ1) is 15.0. The lowest BCUT2D eigenvalue weighted by Gasteiger charge is -2.58. The van der Waals surface area contributed by atoms with Gasteiger partial charge in [-0.05, 0) is 77.0 Å². The maximum absolute atomic E-state index is 13.0. The predicted molar refractivity (Wildman–Crippen MR) is 119 cm³/mol. The third-order valence-corrected chi connectivity index (χ3v) is 7.76. The Hall–Kier alpha value is -2.25. The standard InChI is InChI=1S/C24H37N3O5/c1-5-7-27(22(30)32-23(2,3)4)18-6-8-26(14-18)21(29)31-19-16-9-15-10-17(19)13-24(11-15,12-16)20(25)28/h5,15-19H,1,6-14H2,2-4H3,(H2,25,28)/t15?,16-,17?,18-,19?,24?/m1/s1. The van der Waals surface area contributed by atoms with Crippen LogP contribution >= 0.6 is 0 Å². The lowest BCUT2D eigenvalue weighted by molar-refractivity contribution is -0.161. The average molecular weight is 448 g/mol. The van der Waals surface area contributed by atoms with Crippen molar-refractivity contribution in [3.05, 3.63) is 12.7 Å². The second-order valence-corrected chi connectivity index (χ2v) is 11.3. The highest BCUT2D eigenvalue weighted by atomic mass is 16.6. The van der Waals surface area contributed by atoms with Crippen LogP contribution in [0.2, 0.25) is 0 Å². The lowest BCUT2D eigenvalue weighted by Crippen LogP contribution is -2.59. The highest BCUT2D eigenvalue weighted by Crippen LogP contribution is 2.60. The van der Waals surface area contributed by atoms with Crippen molar-refractivity contribution < 1.29 is 23.9 Å². The van der Waals surface area contributed by atoms with Gasteiger partial charge in [0, 0.05) is 19.6 Å². The zero-order valence-electron chi connectivity index (χ0n) is 19.5. The molecular weight excluding hydrogens is 410 g/mol. The van der Waals surface area contributed by atoms with Crippen LogP contribution in [0.3, 0.4) is 0 Å². The summed E-state index contributed by atoms with van der Waals surface area (Å²) in [6.07, 6.45) is 5.89. The molecule has 178 valence electrons. The molecule has 4 unspecified atom stereocenters. The van der Waals surface area contributed by atoms with E-state index in [-0.39, 0.29) is 36.0 Å². The van der Waals surface area contributed by atoms with Crippen LogP contribution in [0.5, 0.6) is 0 Å². The quantitative estimate of drug-likeness (QED) is 0.652. The van der Waals surface area contributed by atoms with Crippen LogP contribution < -0.4 is 5.73 Å². The fourth-order valence-electron chi connectivity index (χ4n) is 6.66. The van der Waals surface area contributed by atoms with E-state index >= 15 is 0 Å². The highest BCUT2D eigenvalue weighted by Gasteiger charge is 2.59. The van der Waals surface area contributed by atoms with Gasteiger partial charge in [-0.15, -0.1) is 6.58 Å². The molecule has 3 amide bonds. The number of nitrogens with zero attached hydrogens (tertiary/aromatic N) is 2. The maximum atomic E-state index is 13.0. The number of likely N-dealkylation sites (tertiary alicyclic amines) is 1. The van der Waals surface area contributed by atoms with Gasteiger partial charge in [0.05, 0.1) is 11.5 Å². The van der Waals surface area contributed by atoms with Gasteiger partial charge in [0.25, 0.3) is 0 Å². The Morgan fingerprint density at radius 3 is 2.41 bits per heavy atom. The highest BCUT2D eigenvalue weighted by molar-refractivity contribution is 5.81. The van der Waals surface area contributed by atoms with Crippen molar-refractivity contribution in [3.63, 3.8) is 0 Å². The Bertz CT molecular complexity index is 775. The van der Waals surface area contributed by atoms with E-state index in [0.29, 0.717) is 32.0 Å². The van der Waals surface area contributed by atoms with Crippen molar-refractivity contribution in [1.29, 1.82) is 0 Å². The largest absolute Gasteiger partial charge is 0.446 e. The van der Waals surface area contributed by atoms with Gasteiger partial charge >= 0.3 is 12.2 Å². The summed E-state index contributed by atoms with van der Waals surface area (Å²) in [6, 6.07) is -0.132. The molecule has 1 heterocycles. The number of rotatable bonds is 5. The predicted octanol–water partition coefficient (Wildman–Crippen LogP) is 3.30. The van der Waals surface area contributed by atoms with E-state index in [0.717, 1.165) is 32.1 Å². The van der Waals surface area contributed by atoms with Gasteiger partial charge in [-0.25, -0.2) is 9.59 Å². The Balaban J connectivity index is 1.37. The summed E-state index contributed by atoms with van der Waals surface area (Å²) in [5, 5.41) is 0. The molecule has 8 heteroatoms. The molecule has 0 aromatic carbocycles. The van der Waals surface area contributed by atoms with Crippen LogP contribution in [0.25, 0.3) is 0 Å². The minimum Gasteiger partial charge on any atom is -0.446 e. The molecule has 1 aliphatic heterocycles. The minimum atomic E-state index is -0.588. The van der Waals surface area contributed by atoms with Crippen molar-refractivity contribution in [2.75, 3.05) is 19.6 Å². The van der Waals surface area contributed by atoms with Crippen LogP contribution in [-0.4, -0.2) is 65.3 Å². The van der Waals surface area contributed by atoms with Gasteiger partial charge in [-0.2, -0.15) is 0 Å². The molecule has 0 radical (unpaired) electrons. The maximum Gasteiger partial charge on any atom is 0.410 e. The molecule has 5 fully saturated rings. The molecule has 0 aromatic heterocycles. The lowest BCUT2D eigenvalue weighted by atomic mass is 9.48. The normalized spacial score (nSPS) is 35.5.